The van der Waals surface area contributed by atoms with Crippen LogP contribution in [0.5, 0.6) is 5.75 Å². The summed E-state index contributed by atoms with van der Waals surface area (Å²) in [5, 5.41) is 0. The molecule has 0 aromatic heterocycles. The van der Waals surface area contributed by atoms with Crippen LogP contribution in [-0.2, 0) is 9.53 Å². The first-order valence-electron chi connectivity index (χ1n) is 8.54. The van der Waals surface area contributed by atoms with Crippen LogP contribution in [0.15, 0.2) is 54.6 Å². The Morgan fingerprint density at radius 1 is 1.16 bits per heavy atom. The summed E-state index contributed by atoms with van der Waals surface area (Å²) in [6.07, 6.45) is 1.08. The number of ether oxygens (including phenoxy) is 2. The molecule has 0 radical (unpaired) electrons. The van der Waals surface area contributed by atoms with Gasteiger partial charge in [0.15, 0.2) is 0 Å². The van der Waals surface area contributed by atoms with Gasteiger partial charge in [-0.3, -0.25) is 4.79 Å². The van der Waals surface area contributed by atoms with Gasteiger partial charge in [0.1, 0.15) is 11.6 Å². The van der Waals surface area contributed by atoms with Crippen LogP contribution in [0.2, 0.25) is 0 Å². The van der Waals surface area contributed by atoms with Crippen molar-refractivity contribution < 1.29 is 18.7 Å². The van der Waals surface area contributed by atoms with E-state index in [9.17, 15) is 9.18 Å². The summed E-state index contributed by atoms with van der Waals surface area (Å²) in [6, 6.07) is 15.7. The van der Waals surface area contributed by atoms with Gasteiger partial charge in [-0.05, 0) is 36.2 Å². The zero-order valence-corrected chi connectivity index (χ0v) is 14.1. The Kier molecular flexibility index (Phi) is 6.01. The van der Waals surface area contributed by atoms with Crippen molar-refractivity contribution in [3.05, 3.63) is 66.0 Å². The molecule has 2 aromatic carbocycles. The third kappa shape index (κ3) is 4.79. The molecule has 0 bridgehead atoms. The lowest BCUT2D eigenvalue weighted by molar-refractivity contribution is -0.140. The van der Waals surface area contributed by atoms with E-state index in [-0.39, 0.29) is 17.8 Å². The normalized spacial score (nSPS) is 17.3. The van der Waals surface area contributed by atoms with E-state index in [0.717, 1.165) is 11.3 Å². The minimum absolute atomic E-state index is 0.0780. The fourth-order valence-corrected chi connectivity index (χ4v) is 2.94. The van der Waals surface area contributed by atoms with E-state index in [0.29, 0.717) is 39.2 Å². The molecule has 1 amide bonds. The zero-order chi connectivity index (χ0) is 17.5. The number of hydrogen-bond donors (Lipinski definition) is 0. The molecule has 0 aliphatic carbocycles. The highest BCUT2D eigenvalue weighted by Crippen LogP contribution is 2.25. The van der Waals surface area contributed by atoms with Gasteiger partial charge in [-0.25, -0.2) is 4.39 Å². The molecule has 3 rings (SSSR count). The first-order chi connectivity index (χ1) is 12.2. The van der Waals surface area contributed by atoms with Gasteiger partial charge in [0.2, 0.25) is 5.91 Å². The van der Waals surface area contributed by atoms with Gasteiger partial charge < -0.3 is 14.4 Å². The molecule has 0 saturated carbocycles. The maximum absolute atomic E-state index is 13.1. The van der Waals surface area contributed by atoms with Crippen LogP contribution in [0.1, 0.15) is 24.4 Å². The fraction of sp³-hybridized carbons (Fsp3) is 0.350. The minimum atomic E-state index is -0.281. The van der Waals surface area contributed by atoms with Crippen LogP contribution < -0.4 is 4.74 Å². The highest BCUT2D eigenvalue weighted by molar-refractivity contribution is 5.76. The van der Waals surface area contributed by atoms with Gasteiger partial charge >= 0.3 is 0 Å². The predicted octanol–water partition coefficient (Wildman–Crippen LogP) is 3.58. The second-order valence-electron chi connectivity index (χ2n) is 5.99. The van der Waals surface area contributed by atoms with Gasteiger partial charge in [0.05, 0.1) is 25.9 Å². The van der Waals surface area contributed by atoms with Crippen LogP contribution >= 0.6 is 0 Å². The number of amides is 1. The highest BCUT2D eigenvalue weighted by Gasteiger charge is 2.28. The number of halogens is 1. The molecule has 1 aliphatic heterocycles. The maximum atomic E-state index is 13.1. The van der Waals surface area contributed by atoms with E-state index in [4.69, 9.17) is 9.47 Å². The van der Waals surface area contributed by atoms with E-state index < -0.39 is 0 Å². The molecule has 1 saturated heterocycles. The average Bonchev–Trinajstić information content (AvgIpc) is 2.66. The number of carbonyl (C=O) groups excluding carboxylic acids is 1. The fourth-order valence-electron chi connectivity index (χ4n) is 2.94. The molecule has 132 valence electrons. The molecule has 0 spiro atoms. The van der Waals surface area contributed by atoms with E-state index in [1.807, 2.05) is 35.2 Å². The van der Waals surface area contributed by atoms with Crippen molar-refractivity contribution in [1.29, 1.82) is 0 Å². The number of benzene rings is 2. The second kappa shape index (κ2) is 8.62. The molecule has 1 unspecified atom stereocenters. The standard InChI is InChI=1S/C20H22FNO3/c21-17-10-8-16(9-11-17)19-15-24-14-12-22(19)20(23)7-4-13-25-18-5-2-1-3-6-18/h1-3,5-6,8-11,19H,4,7,12-15H2. The highest BCUT2D eigenvalue weighted by atomic mass is 19.1. The van der Waals surface area contributed by atoms with E-state index >= 15 is 0 Å². The summed E-state index contributed by atoms with van der Waals surface area (Å²) in [5.41, 5.74) is 0.898. The minimum Gasteiger partial charge on any atom is -0.494 e. The molecule has 5 heteroatoms. The zero-order valence-electron chi connectivity index (χ0n) is 14.1. The van der Waals surface area contributed by atoms with Crippen molar-refractivity contribution in [2.45, 2.75) is 18.9 Å². The monoisotopic (exact) mass is 343 g/mol. The number of para-hydroxylation sites is 1. The Hall–Kier alpha value is -2.40. The molecular formula is C20H22FNO3. The molecular weight excluding hydrogens is 321 g/mol. The molecule has 1 aliphatic rings. The van der Waals surface area contributed by atoms with Crippen molar-refractivity contribution in [3.63, 3.8) is 0 Å². The first kappa shape index (κ1) is 17.4. The molecule has 1 fully saturated rings. The first-order valence-corrected chi connectivity index (χ1v) is 8.54. The number of rotatable bonds is 6. The van der Waals surface area contributed by atoms with Crippen LogP contribution in [-0.4, -0.2) is 37.2 Å². The van der Waals surface area contributed by atoms with Crippen LogP contribution in [0.4, 0.5) is 4.39 Å². The summed E-state index contributed by atoms with van der Waals surface area (Å²) < 4.78 is 24.3. The maximum Gasteiger partial charge on any atom is 0.223 e. The molecule has 1 atom stereocenters. The van der Waals surface area contributed by atoms with Crippen LogP contribution in [0.3, 0.4) is 0 Å². The summed E-state index contributed by atoms with van der Waals surface area (Å²) in [4.78, 5) is 14.4. The quantitative estimate of drug-likeness (QED) is 0.753. The van der Waals surface area contributed by atoms with Gasteiger partial charge in [-0.2, -0.15) is 0 Å². The third-order valence-corrected chi connectivity index (χ3v) is 4.25. The topological polar surface area (TPSA) is 38.8 Å². The Morgan fingerprint density at radius 3 is 2.68 bits per heavy atom. The summed E-state index contributed by atoms with van der Waals surface area (Å²) in [7, 11) is 0. The van der Waals surface area contributed by atoms with Crippen molar-refractivity contribution >= 4 is 5.91 Å². The van der Waals surface area contributed by atoms with Gasteiger partial charge in [0.25, 0.3) is 0 Å². The molecule has 4 nitrogen and oxygen atoms in total. The van der Waals surface area contributed by atoms with Gasteiger partial charge in [-0.1, -0.05) is 30.3 Å². The second-order valence-corrected chi connectivity index (χ2v) is 5.99. The Labute approximate surface area is 147 Å². The van der Waals surface area contributed by atoms with Gasteiger partial charge in [0, 0.05) is 13.0 Å². The van der Waals surface area contributed by atoms with Crippen molar-refractivity contribution in [2.24, 2.45) is 0 Å². The van der Waals surface area contributed by atoms with Crippen LogP contribution in [0, 0.1) is 5.82 Å². The van der Waals surface area contributed by atoms with Crippen LogP contribution in [0.25, 0.3) is 0 Å². The SMILES string of the molecule is O=C(CCCOc1ccccc1)N1CCOCC1c1ccc(F)cc1. The van der Waals surface area contributed by atoms with E-state index in [2.05, 4.69) is 0 Å². The van der Waals surface area contributed by atoms with E-state index in [1.165, 1.54) is 12.1 Å². The number of morpholine rings is 1. The molecule has 1 heterocycles. The molecule has 25 heavy (non-hydrogen) atoms. The number of nitrogens with zero attached hydrogens (tertiary/aromatic N) is 1. The van der Waals surface area contributed by atoms with E-state index in [1.54, 1.807) is 12.1 Å². The average molecular weight is 343 g/mol. The third-order valence-electron chi connectivity index (χ3n) is 4.25. The smallest absolute Gasteiger partial charge is 0.223 e. The predicted molar refractivity (Wildman–Crippen MR) is 92.8 cm³/mol. The summed E-state index contributed by atoms with van der Waals surface area (Å²) in [5.74, 6) is 0.608. The molecule has 2 aromatic rings. The lowest BCUT2D eigenvalue weighted by Crippen LogP contribution is -2.43. The van der Waals surface area contributed by atoms with Gasteiger partial charge in [-0.15, -0.1) is 0 Å². The lowest BCUT2D eigenvalue weighted by Gasteiger charge is -2.36. The lowest BCUT2D eigenvalue weighted by atomic mass is 10.0. The number of carbonyl (C=O) groups is 1. The summed E-state index contributed by atoms with van der Waals surface area (Å²) >= 11 is 0. The van der Waals surface area contributed by atoms with Crippen molar-refractivity contribution in [1.82, 2.24) is 4.90 Å². The van der Waals surface area contributed by atoms with Crippen molar-refractivity contribution in [2.75, 3.05) is 26.4 Å². The van der Waals surface area contributed by atoms with Crippen molar-refractivity contribution in [3.8, 4) is 5.75 Å². The Morgan fingerprint density at radius 2 is 1.92 bits per heavy atom. The largest absolute Gasteiger partial charge is 0.494 e. The molecule has 0 N–H and O–H groups in total. The Balaban J connectivity index is 1.53. The Bertz CT molecular complexity index is 675. The number of hydrogen-bond acceptors (Lipinski definition) is 3. The summed E-state index contributed by atoms with van der Waals surface area (Å²) in [6.45, 7) is 2.03.